The van der Waals surface area contributed by atoms with Gasteiger partial charge in [-0.2, -0.15) is 0 Å². The molecule has 21 nitrogen and oxygen atoms in total. The third-order valence-corrected chi connectivity index (χ3v) is 27.3. The molecule has 0 aliphatic heterocycles. The van der Waals surface area contributed by atoms with Crippen LogP contribution in [-0.4, -0.2) is 319 Å². The van der Waals surface area contributed by atoms with Crippen LogP contribution in [0, 0.1) is 0 Å². The third kappa shape index (κ3) is 121. The Morgan fingerprint density at radius 1 is 0.319 bits per heavy atom. The Balaban J connectivity index is -0.000000228. The number of carbonyl (C=O) groups is 2. The zero-order chi connectivity index (χ0) is 97.8. The van der Waals surface area contributed by atoms with Crippen molar-refractivity contribution in [2.75, 3.05) is 275 Å². The molecule has 0 spiro atoms. The van der Waals surface area contributed by atoms with Gasteiger partial charge in [-0.15, -0.1) is 80.3 Å². The summed E-state index contributed by atoms with van der Waals surface area (Å²) in [5, 5.41) is 6.05. The number of hydrogen-bond donors (Lipinski definition) is 3. The van der Waals surface area contributed by atoms with Gasteiger partial charge in [0.1, 0.15) is 37.7 Å². The van der Waals surface area contributed by atoms with Crippen LogP contribution in [0.3, 0.4) is 0 Å². The lowest BCUT2D eigenvalue weighted by Gasteiger charge is -2.30. The molecule has 2 atom stereocenters. The summed E-state index contributed by atoms with van der Waals surface area (Å²) in [4.78, 5) is 33.3. The zero-order valence-electron chi connectivity index (χ0n) is 91.7. The number of nitrogens with zero attached hydrogens (tertiary/aromatic N) is 6. The molecule has 3 N–H and O–H groups in total. The smallest absolute Gasteiger partial charge is 0.376 e. The maximum absolute atomic E-state index is 12.7. The van der Waals surface area contributed by atoms with E-state index in [2.05, 4.69) is 123 Å². The molecule has 0 aromatic heterocycles. The van der Waals surface area contributed by atoms with E-state index in [-0.39, 0.29) is 112 Å². The van der Waals surface area contributed by atoms with Crippen LogP contribution in [0.2, 0.25) is 0 Å². The minimum atomic E-state index is -3.56. The number of nitrogens with one attached hydrogen (secondary N) is 2. The van der Waals surface area contributed by atoms with Gasteiger partial charge in [0.15, 0.2) is 13.1 Å². The number of carbonyl (C=O) groups excluding carboxylic acids is 2. The number of rotatable bonds is 88. The van der Waals surface area contributed by atoms with Gasteiger partial charge in [-0.1, -0.05) is 331 Å². The lowest BCUT2D eigenvalue weighted by Crippen LogP contribution is -3.00. The number of unbranched alkanes of at least 4 members (excludes halogenated alkanes) is 40. The fourth-order valence-corrected chi connectivity index (χ4v) is 18.1. The monoisotopic (exact) mass is 2340 g/mol. The summed E-state index contributed by atoms with van der Waals surface area (Å²) in [7, 11) is 29.7. The van der Waals surface area contributed by atoms with Crippen molar-refractivity contribution in [1.29, 1.82) is 0 Å². The normalized spacial score (nSPS) is 12.4. The van der Waals surface area contributed by atoms with Crippen molar-refractivity contribution in [3.05, 3.63) is 59.7 Å². The highest BCUT2D eigenvalue weighted by Crippen LogP contribution is 2.45. The first-order valence-electron chi connectivity index (χ1n) is 52.6. The lowest BCUT2D eigenvalue weighted by atomic mass is 10.0. The highest BCUT2D eigenvalue weighted by Gasteiger charge is 2.23. The molecule has 2 aromatic rings. The van der Waals surface area contributed by atoms with Gasteiger partial charge < -0.3 is 87.6 Å². The molecule has 2 amide bonds. The Hall–Kier alpha value is -0.140. The maximum Gasteiger partial charge on any atom is 0.376 e. The minimum absolute atomic E-state index is 0. The zero-order valence-corrected chi connectivity index (χ0v) is 104. The number of quaternary nitrogens is 6. The van der Waals surface area contributed by atoms with Crippen molar-refractivity contribution in [3.63, 3.8) is 0 Å². The van der Waals surface area contributed by atoms with Crippen LogP contribution >= 0.6 is 117 Å². The Morgan fingerprint density at radius 2 is 0.580 bits per heavy atom. The number of benzene rings is 2. The first kappa shape index (κ1) is 156. The van der Waals surface area contributed by atoms with Crippen LogP contribution < -0.4 is 32.1 Å². The fraction of sp³-hybridized carbons (Fsp3) is 0.850. The first-order valence-corrected chi connectivity index (χ1v) is 59.1. The summed E-state index contributed by atoms with van der Waals surface area (Å²) in [6.45, 7) is 29.8. The van der Waals surface area contributed by atoms with E-state index in [4.69, 9.17) is 37.3 Å². The van der Waals surface area contributed by atoms with Gasteiger partial charge >= 0.3 is 15.2 Å². The Bertz CT molecular complexity index is 3050. The van der Waals surface area contributed by atoms with Gasteiger partial charge in [0.25, 0.3) is 11.8 Å². The molecule has 0 aliphatic carbocycles. The van der Waals surface area contributed by atoms with E-state index in [0.29, 0.717) is 81.9 Å². The predicted molar refractivity (Wildman–Crippen MR) is 623 cm³/mol. The summed E-state index contributed by atoms with van der Waals surface area (Å²) < 4.78 is 73.9. The minimum Gasteiger partial charge on any atom is -1.00 e. The van der Waals surface area contributed by atoms with Crippen LogP contribution in [0.5, 0.6) is 11.5 Å². The summed E-state index contributed by atoms with van der Waals surface area (Å²) >= 11 is 0. The molecule has 0 bridgehead atoms. The third-order valence-electron chi connectivity index (χ3n) is 23.1. The lowest BCUT2D eigenvalue weighted by molar-refractivity contribution is -0.891. The molecular formula is C107H223Br4Cl2N8O13P2S2+5. The summed E-state index contributed by atoms with van der Waals surface area (Å²) in [5.41, 5.74) is 1.87. The summed E-state index contributed by atoms with van der Waals surface area (Å²) in [6, 6.07) is 14.2. The molecule has 828 valence electrons. The van der Waals surface area contributed by atoms with E-state index in [1.54, 1.807) is 47.2 Å². The van der Waals surface area contributed by atoms with Crippen LogP contribution in [0.4, 0.5) is 0 Å². The van der Waals surface area contributed by atoms with Gasteiger partial charge in [-0.25, -0.2) is 9.13 Å². The van der Waals surface area contributed by atoms with E-state index in [0.717, 1.165) is 137 Å². The van der Waals surface area contributed by atoms with Crippen LogP contribution in [-0.2, 0) is 46.9 Å². The number of halogens is 6. The van der Waals surface area contributed by atoms with Crippen molar-refractivity contribution in [2.45, 2.75) is 324 Å². The SMILES string of the molecule is Br.Br.Br.Br.C.CCCCCCCCCCCCCCCC[N+](C)(C)CCOCCOCCOCCOCC[N+](C)(C)C.CCCCCCCCCCCCOP(C)(=O)Oc1ccc(/C=C/c2ccc(OP(C)(=O)O)cc2)cc1.CCCCCCCCCCCC[N+](C)(C)CC(=O)NCCCSSCCNC(=O)C[N+](C)(C)C.CCCCCCCCCCCC[N+](C)(C)CCOCC[N+](C)(C)C.Cl.[Cl-]. The fourth-order valence-electron chi connectivity index (χ4n) is 14.6. The van der Waals surface area contributed by atoms with Crippen molar-refractivity contribution >= 4 is 141 Å². The molecule has 0 radical (unpaired) electrons. The highest BCUT2D eigenvalue weighted by atomic mass is 79.9. The maximum atomic E-state index is 12.7. The second kappa shape index (κ2) is 103. The van der Waals surface area contributed by atoms with Crippen LogP contribution in [0.25, 0.3) is 12.2 Å². The number of amides is 2. The summed E-state index contributed by atoms with van der Waals surface area (Å²) in [6.07, 6.45) is 64.8. The molecule has 0 saturated heterocycles. The van der Waals surface area contributed by atoms with Crippen molar-refractivity contribution in [1.82, 2.24) is 10.6 Å². The van der Waals surface area contributed by atoms with Gasteiger partial charge in [0, 0.05) is 37.9 Å². The van der Waals surface area contributed by atoms with E-state index in [1.807, 2.05) is 56.2 Å². The van der Waals surface area contributed by atoms with Gasteiger partial charge in [-0.05, 0) is 86.8 Å². The van der Waals surface area contributed by atoms with Gasteiger partial charge in [0.2, 0.25) is 0 Å². The van der Waals surface area contributed by atoms with Crippen LogP contribution in [0.1, 0.15) is 335 Å². The van der Waals surface area contributed by atoms with Crippen molar-refractivity contribution in [2.24, 2.45) is 0 Å². The Labute approximate surface area is 914 Å². The average molecular weight is 2350 g/mol. The van der Waals surface area contributed by atoms with E-state index in [1.165, 1.54) is 289 Å². The molecule has 2 rings (SSSR count). The van der Waals surface area contributed by atoms with Crippen molar-refractivity contribution in [3.8, 4) is 11.5 Å². The Morgan fingerprint density at radius 3 is 0.891 bits per heavy atom. The van der Waals surface area contributed by atoms with Crippen LogP contribution in [0.15, 0.2) is 48.5 Å². The average Bonchev–Trinajstić information content (AvgIpc) is 0.865. The second-order valence-corrected chi connectivity index (χ2v) is 48.5. The highest BCUT2D eigenvalue weighted by molar-refractivity contribution is 8.93. The van der Waals surface area contributed by atoms with E-state index in [9.17, 15) is 23.6 Å². The number of likely N-dealkylation sites (N-methyl/N-ethyl adjacent to an activating group) is 6. The second-order valence-electron chi connectivity index (χ2n) is 42.0. The van der Waals surface area contributed by atoms with E-state index < -0.39 is 15.2 Å². The molecule has 31 heteroatoms. The largest absolute Gasteiger partial charge is 1.00 e. The van der Waals surface area contributed by atoms with Gasteiger partial charge in [0.05, 0.1) is 198 Å². The quantitative estimate of drug-likeness (QED) is 0.0187. The molecule has 0 heterocycles. The molecule has 0 saturated carbocycles. The van der Waals surface area contributed by atoms with Gasteiger partial charge in [-0.3, -0.25) is 14.1 Å². The number of hydrogen-bond acceptors (Lipinski definition) is 14. The predicted octanol–water partition coefficient (Wildman–Crippen LogP) is 25.3. The molecule has 2 aromatic carbocycles. The van der Waals surface area contributed by atoms with Crippen molar-refractivity contribution < 1.29 is 100 Å². The van der Waals surface area contributed by atoms with E-state index >= 15 is 0 Å². The molecule has 0 fully saturated rings. The first-order chi connectivity index (χ1) is 62.3. The molecular weight excluding hydrogens is 2120 g/mol. The standard InChI is InChI=1S/C31H68N2O4.C28H42O6P2.C26H54N4O2S2.C21H48N2O.CH4.4BrH.2ClH/c1-7-8-9-10-11-12-13-14-15-16-17-18-19-20-21-33(5,6)23-25-35-27-29-37-31-30-36-28-26-34-24-22-32(2,3)4;1-4-5-6-7-8-9-10-11-12-13-24-32-36(3,31)34-28-22-18-26(19-23-28)15-14-25-16-20-27(21-17-25)33-35(2,29)30;1-7-8-9-10-11-12-13-14-15-16-20-30(5,6)24-26(32)27-18-17-21-33-34-22-19-28-25(31)23-29(2,3)4;1-7-8-9-10-11-12-13-14-15-16-17-23(5,6)19-21-24-20-18-22(2,3)4;;;;;;;/h7-31H2,1-6H3;14-23H,4-13,24H2,1-3H3,(H,29,30);7-24H2,1-6H3;7-21H2,1-6H3;1H4;6*1H/q+2;;;+2;;;;;;;/p+1/b;15-14+;;;;;;;;;. The molecule has 138 heavy (non-hydrogen) atoms. The number of ether oxygens (including phenoxy) is 5. The topological polar surface area (TPSA) is 186 Å². The molecule has 0 aliphatic rings. The molecule has 2 unspecified atom stereocenters. The Kier molecular flexibility index (Phi) is 116. The summed E-state index contributed by atoms with van der Waals surface area (Å²) in [5.74, 6) is 3.04.